The monoisotopic (exact) mass is 369 g/mol. The number of hydrogen-bond donors (Lipinski definition) is 1. The Hall–Kier alpha value is -2.75. The molecule has 0 spiro atoms. The molecule has 0 radical (unpaired) electrons. The van der Waals surface area contributed by atoms with E-state index in [0.29, 0.717) is 17.3 Å². The van der Waals surface area contributed by atoms with Crippen molar-refractivity contribution in [2.24, 2.45) is 0 Å². The lowest BCUT2D eigenvalue weighted by Crippen LogP contribution is -2.37. The van der Waals surface area contributed by atoms with Crippen LogP contribution in [0.15, 0.2) is 28.8 Å². The molecule has 9 nitrogen and oxygen atoms in total. The average Bonchev–Trinajstić information content (AvgIpc) is 2.95. The first-order chi connectivity index (χ1) is 11.7. The average molecular weight is 369 g/mol. The number of hydrogen-bond acceptors (Lipinski definition) is 7. The third-order valence-corrected chi connectivity index (χ3v) is 4.38. The maximum atomic E-state index is 12.2. The van der Waals surface area contributed by atoms with Crippen LogP contribution in [0.3, 0.4) is 0 Å². The standard InChI is InChI=1S/C15H19N3O6S/c1-10-7-14(17-24-10)16-15(19)9-18(25(4,20)21)11-5-6-12(22-2)13(8-11)23-3/h5-8H,9H2,1-4H3,(H,16,17,19). The Balaban J connectivity index is 2.26. The minimum Gasteiger partial charge on any atom is -0.493 e. The van der Waals surface area contributed by atoms with Crippen molar-refractivity contribution in [3.63, 3.8) is 0 Å². The van der Waals surface area contributed by atoms with Crippen LogP contribution < -0.4 is 19.1 Å². The summed E-state index contributed by atoms with van der Waals surface area (Å²) in [5, 5.41) is 6.12. The summed E-state index contributed by atoms with van der Waals surface area (Å²) in [5.41, 5.74) is 0.270. The summed E-state index contributed by atoms with van der Waals surface area (Å²) < 4.78 is 40.3. The van der Waals surface area contributed by atoms with Gasteiger partial charge in [-0.1, -0.05) is 5.16 Å². The second kappa shape index (κ2) is 7.43. The molecule has 0 unspecified atom stereocenters. The molecule has 0 aliphatic heterocycles. The molecular formula is C15H19N3O6S. The molecule has 1 N–H and O–H groups in total. The maximum Gasteiger partial charge on any atom is 0.246 e. The second-order valence-corrected chi connectivity index (χ2v) is 7.09. The normalized spacial score (nSPS) is 11.0. The van der Waals surface area contributed by atoms with Crippen LogP contribution in [0.25, 0.3) is 0 Å². The van der Waals surface area contributed by atoms with Crippen molar-refractivity contribution >= 4 is 27.4 Å². The Bertz CT molecular complexity index is 862. The lowest BCUT2D eigenvalue weighted by molar-refractivity contribution is -0.114. The zero-order valence-corrected chi connectivity index (χ0v) is 15.1. The Morgan fingerprint density at radius 2 is 1.92 bits per heavy atom. The Labute approximate surface area is 145 Å². The Morgan fingerprint density at radius 1 is 1.24 bits per heavy atom. The highest BCUT2D eigenvalue weighted by atomic mass is 32.2. The molecule has 1 amide bonds. The third-order valence-electron chi connectivity index (χ3n) is 3.24. The van der Waals surface area contributed by atoms with E-state index in [1.807, 2.05) is 0 Å². The SMILES string of the molecule is COc1ccc(N(CC(=O)Nc2cc(C)on2)S(C)(=O)=O)cc1OC. The molecule has 25 heavy (non-hydrogen) atoms. The van der Waals surface area contributed by atoms with E-state index in [0.717, 1.165) is 10.6 Å². The largest absolute Gasteiger partial charge is 0.493 e. The highest BCUT2D eigenvalue weighted by Crippen LogP contribution is 2.32. The van der Waals surface area contributed by atoms with E-state index in [1.165, 1.54) is 32.4 Å². The van der Waals surface area contributed by atoms with Gasteiger partial charge in [-0.15, -0.1) is 0 Å². The summed E-state index contributed by atoms with van der Waals surface area (Å²) in [4.78, 5) is 12.2. The molecule has 0 saturated heterocycles. The van der Waals surface area contributed by atoms with Gasteiger partial charge in [0.05, 0.1) is 26.2 Å². The summed E-state index contributed by atoms with van der Waals surface area (Å²) in [6.45, 7) is 1.25. The number of sulfonamides is 1. The van der Waals surface area contributed by atoms with E-state index in [-0.39, 0.29) is 11.5 Å². The van der Waals surface area contributed by atoms with Gasteiger partial charge in [0, 0.05) is 12.1 Å². The number of amides is 1. The van der Waals surface area contributed by atoms with Gasteiger partial charge in [-0.3, -0.25) is 9.10 Å². The number of aromatic nitrogens is 1. The van der Waals surface area contributed by atoms with Crippen molar-refractivity contribution in [3.05, 3.63) is 30.0 Å². The van der Waals surface area contributed by atoms with Crippen LogP contribution in [-0.2, 0) is 14.8 Å². The Kier molecular flexibility index (Phi) is 5.52. The zero-order chi connectivity index (χ0) is 18.6. The quantitative estimate of drug-likeness (QED) is 0.785. The molecule has 1 aromatic carbocycles. The van der Waals surface area contributed by atoms with E-state index in [2.05, 4.69) is 10.5 Å². The predicted molar refractivity (Wildman–Crippen MR) is 91.6 cm³/mol. The van der Waals surface area contributed by atoms with Crippen LogP contribution in [0, 0.1) is 6.92 Å². The lowest BCUT2D eigenvalue weighted by Gasteiger charge is -2.22. The fraction of sp³-hybridized carbons (Fsp3) is 0.333. The van der Waals surface area contributed by atoms with Crippen LogP contribution in [0.5, 0.6) is 11.5 Å². The van der Waals surface area contributed by atoms with Crippen LogP contribution in [0.4, 0.5) is 11.5 Å². The summed E-state index contributed by atoms with van der Waals surface area (Å²) in [6.07, 6.45) is 1.01. The number of anilines is 2. The van der Waals surface area contributed by atoms with E-state index in [9.17, 15) is 13.2 Å². The number of benzene rings is 1. The van der Waals surface area contributed by atoms with Crippen molar-refractivity contribution in [2.45, 2.75) is 6.92 Å². The first kappa shape index (κ1) is 18.6. The molecule has 2 aromatic rings. The maximum absolute atomic E-state index is 12.2. The van der Waals surface area contributed by atoms with E-state index in [1.54, 1.807) is 13.0 Å². The van der Waals surface area contributed by atoms with Gasteiger partial charge in [-0.2, -0.15) is 0 Å². The number of rotatable bonds is 7. The first-order valence-corrected chi connectivity index (χ1v) is 9.02. The van der Waals surface area contributed by atoms with Crippen molar-refractivity contribution in [2.75, 3.05) is 36.6 Å². The molecule has 10 heteroatoms. The fourth-order valence-corrected chi connectivity index (χ4v) is 2.97. The molecule has 0 bridgehead atoms. The van der Waals surface area contributed by atoms with Gasteiger partial charge in [0.25, 0.3) is 0 Å². The fourth-order valence-electron chi connectivity index (χ4n) is 2.12. The number of ether oxygens (including phenoxy) is 2. The smallest absolute Gasteiger partial charge is 0.246 e. The minimum atomic E-state index is -3.71. The van der Waals surface area contributed by atoms with Crippen molar-refractivity contribution in [1.29, 1.82) is 0 Å². The van der Waals surface area contributed by atoms with Crippen LogP contribution >= 0.6 is 0 Å². The number of carbonyl (C=O) groups excluding carboxylic acids is 1. The Morgan fingerprint density at radius 3 is 2.44 bits per heavy atom. The summed E-state index contributed by atoms with van der Waals surface area (Å²) in [5.74, 6) is 0.968. The summed E-state index contributed by atoms with van der Waals surface area (Å²) >= 11 is 0. The number of methoxy groups -OCH3 is 2. The third kappa shape index (κ3) is 4.63. The molecule has 0 atom stereocenters. The first-order valence-electron chi connectivity index (χ1n) is 7.17. The number of nitrogens with one attached hydrogen (secondary N) is 1. The zero-order valence-electron chi connectivity index (χ0n) is 14.3. The highest BCUT2D eigenvalue weighted by Gasteiger charge is 2.22. The number of aryl methyl sites for hydroxylation is 1. The minimum absolute atomic E-state index is 0.211. The highest BCUT2D eigenvalue weighted by molar-refractivity contribution is 7.92. The van der Waals surface area contributed by atoms with Gasteiger partial charge < -0.3 is 19.3 Å². The van der Waals surface area contributed by atoms with Gasteiger partial charge in [0.2, 0.25) is 15.9 Å². The molecule has 2 rings (SSSR count). The molecule has 136 valence electrons. The van der Waals surface area contributed by atoms with Crippen LogP contribution in [0.1, 0.15) is 5.76 Å². The van der Waals surface area contributed by atoms with Crippen LogP contribution in [-0.4, -0.2) is 46.5 Å². The van der Waals surface area contributed by atoms with Gasteiger partial charge in [0.15, 0.2) is 17.3 Å². The molecule has 0 fully saturated rings. The van der Waals surface area contributed by atoms with E-state index < -0.39 is 22.5 Å². The van der Waals surface area contributed by atoms with Crippen LogP contribution in [0.2, 0.25) is 0 Å². The molecule has 0 aliphatic carbocycles. The molecular weight excluding hydrogens is 350 g/mol. The van der Waals surface area contributed by atoms with E-state index >= 15 is 0 Å². The van der Waals surface area contributed by atoms with Gasteiger partial charge >= 0.3 is 0 Å². The topological polar surface area (TPSA) is 111 Å². The van der Waals surface area contributed by atoms with Crippen molar-refractivity contribution in [1.82, 2.24) is 5.16 Å². The molecule has 1 aromatic heterocycles. The number of carbonyl (C=O) groups is 1. The molecule has 0 saturated carbocycles. The lowest BCUT2D eigenvalue weighted by atomic mass is 10.2. The van der Waals surface area contributed by atoms with Gasteiger partial charge in [-0.05, 0) is 19.1 Å². The predicted octanol–water partition coefficient (Wildman–Crippen LogP) is 1.40. The van der Waals surface area contributed by atoms with E-state index in [4.69, 9.17) is 14.0 Å². The van der Waals surface area contributed by atoms with Crippen molar-refractivity contribution in [3.8, 4) is 11.5 Å². The summed E-state index contributed by atoms with van der Waals surface area (Å²) in [6, 6.07) is 6.09. The van der Waals surface area contributed by atoms with Gasteiger partial charge in [-0.25, -0.2) is 8.42 Å². The molecule has 0 aliphatic rings. The van der Waals surface area contributed by atoms with Crippen molar-refractivity contribution < 1.29 is 27.2 Å². The second-order valence-electron chi connectivity index (χ2n) is 5.18. The number of nitrogens with zero attached hydrogens (tertiary/aromatic N) is 2. The van der Waals surface area contributed by atoms with Gasteiger partial charge in [0.1, 0.15) is 12.3 Å². The summed E-state index contributed by atoms with van der Waals surface area (Å²) in [7, 11) is -0.804. The molecule has 1 heterocycles.